The lowest BCUT2D eigenvalue weighted by Crippen LogP contribution is -2.44. The van der Waals surface area contributed by atoms with Crippen LogP contribution in [-0.4, -0.2) is 16.8 Å². The summed E-state index contributed by atoms with van der Waals surface area (Å²) in [5.41, 5.74) is 3.08. The predicted molar refractivity (Wildman–Crippen MR) is 76.1 cm³/mol. The Morgan fingerprint density at radius 2 is 2.00 bits per heavy atom. The van der Waals surface area contributed by atoms with Gasteiger partial charge in [0.25, 0.3) is 0 Å². The molecule has 0 radical (unpaired) electrons. The molecular weight excluding hydrogens is 254 g/mol. The molecule has 0 spiro atoms. The number of nitrogens with one attached hydrogen (secondary N) is 3. The van der Waals surface area contributed by atoms with Gasteiger partial charge >= 0.3 is 6.03 Å². The molecule has 1 atom stereocenters. The molecule has 3 N–H and O–H groups in total. The van der Waals surface area contributed by atoms with Crippen LogP contribution in [0.5, 0.6) is 0 Å². The molecule has 0 bridgehead atoms. The Hall–Kier alpha value is -2.56. The second-order valence-electron chi connectivity index (χ2n) is 4.92. The van der Waals surface area contributed by atoms with Crippen LogP contribution in [0.15, 0.2) is 41.7 Å². The number of hydrogen-bond acceptors (Lipinski definition) is 2. The molecule has 0 aliphatic carbocycles. The Labute approximate surface area is 116 Å². The number of benzene rings is 1. The maximum absolute atomic E-state index is 11.9. The summed E-state index contributed by atoms with van der Waals surface area (Å²) in [4.78, 5) is 26.8. The summed E-state index contributed by atoms with van der Waals surface area (Å²) in [6.07, 6.45) is 1.84. The van der Waals surface area contributed by atoms with E-state index in [1.807, 2.05) is 30.5 Å². The fraction of sp³-hybridized carbons (Fsp3) is 0.200. The Bertz CT molecular complexity index is 742. The second-order valence-corrected chi connectivity index (χ2v) is 4.92. The number of fused-ring (bicyclic) bond motifs is 1. The molecule has 1 aliphatic rings. The number of urea groups is 1. The summed E-state index contributed by atoms with van der Waals surface area (Å²) in [5.74, 6) is -0.0507. The highest BCUT2D eigenvalue weighted by molar-refractivity contribution is 5.99. The third-order valence-corrected chi connectivity index (χ3v) is 3.58. The van der Waals surface area contributed by atoms with Gasteiger partial charge in [-0.2, -0.15) is 0 Å². The number of H-pyrrole nitrogens is 1. The number of Topliss-reactive ketones (excluding diaryl/α,β-unsaturated/α-hetero) is 1. The van der Waals surface area contributed by atoms with Crippen molar-refractivity contribution in [3.63, 3.8) is 0 Å². The van der Waals surface area contributed by atoms with Gasteiger partial charge in [0.15, 0.2) is 5.78 Å². The smallest absolute Gasteiger partial charge is 0.319 e. The van der Waals surface area contributed by atoms with E-state index >= 15 is 0 Å². The van der Waals surface area contributed by atoms with Gasteiger partial charge < -0.3 is 15.6 Å². The summed E-state index contributed by atoms with van der Waals surface area (Å²) in [7, 11) is 0. The third kappa shape index (κ3) is 1.87. The highest BCUT2D eigenvalue weighted by Gasteiger charge is 2.30. The van der Waals surface area contributed by atoms with Gasteiger partial charge in [-0.1, -0.05) is 18.2 Å². The first-order valence-electron chi connectivity index (χ1n) is 6.43. The molecular formula is C15H15N3O2. The first-order valence-corrected chi connectivity index (χ1v) is 6.43. The lowest BCUT2D eigenvalue weighted by Gasteiger charge is -2.27. The van der Waals surface area contributed by atoms with Gasteiger partial charge in [0, 0.05) is 33.9 Å². The molecule has 1 aliphatic heterocycles. The normalized spacial score (nSPS) is 18.9. The van der Waals surface area contributed by atoms with Gasteiger partial charge in [0.05, 0.1) is 6.04 Å². The second kappa shape index (κ2) is 4.52. The van der Waals surface area contributed by atoms with Crippen LogP contribution in [0.1, 0.15) is 25.5 Å². The number of amides is 2. The van der Waals surface area contributed by atoms with E-state index in [1.165, 1.54) is 6.92 Å². The van der Waals surface area contributed by atoms with Gasteiger partial charge in [0.1, 0.15) is 0 Å². The molecule has 1 aromatic heterocycles. The van der Waals surface area contributed by atoms with Crippen LogP contribution in [-0.2, 0) is 4.79 Å². The van der Waals surface area contributed by atoms with Crippen molar-refractivity contribution in [2.75, 3.05) is 0 Å². The van der Waals surface area contributed by atoms with E-state index in [1.54, 1.807) is 6.92 Å². The monoisotopic (exact) mass is 269 g/mol. The van der Waals surface area contributed by atoms with Crippen molar-refractivity contribution < 1.29 is 9.59 Å². The molecule has 1 unspecified atom stereocenters. The maximum atomic E-state index is 11.9. The molecule has 0 saturated carbocycles. The van der Waals surface area contributed by atoms with Gasteiger partial charge in [-0.15, -0.1) is 0 Å². The molecule has 3 rings (SSSR count). The van der Waals surface area contributed by atoms with Crippen molar-refractivity contribution in [1.82, 2.24) is 15.6 Å². The molecule has 2 aromatic rings. The Morgan fingerprint density at radius 1 is 1.25 bits per heavy atom. The van der Waals surface area contributed by atoms with Crippen LogP contribution >= 0.6 is 0 Å². The Kier molecular flexibility index (Phi) is 2.82. The topological polar surface area (TPSA) is 74.0 Å². The van der Waals surface area contributed by atoms with Crippen LogP contribution in [0.4, 0.5) is 4.79 Å². The molecule has 102 valence electrons. The SMILES string of the molecule is CC(=O)C1=C(C)NC(=O)NC1c1c[nH]c2ccccc12. The number of rotatable bonds is 2. The number of ketones is 1. The van der Waals surface area contributed by atoms with Crippen molar-refractivity contribution in [3.05, 3.63) is 47.3 Å². The van der Waals surface area contributed by atoms with Crippen LogP contribution in [0.2, 0.25) is 0 Å². The van der Waals surface area contributed by atoms with E-state index in [2.05, 4.69) is 15.6 Å². The maximum Gasteiger partial charge on any atom is 0.319 e. The molecule has 2 heterocycles. The number of allylic oxidation sites excluding steroid dienone is 1. The summed E-state index contributed by atoms with van der Waals surface area (Å²) in [5, 5.41) is 6.48. The van der Waals surface area contributed by atoms with Crippen molar-refractivity contribution in [3.8, 4) is 0 Å². The van der Waals surface area contributed by atoms with E-state index in [0.717, 1.165) is 16.5 Å². The molecule has 1 aromatic carbocycles. The summed E-state index contributed by atoms with van der Waals surface area (Å²) in [6, 6.07) is 7.11. The van der Waals surface area contributed by atoms with Crippen LogP contribution in [0.25, 0.3) is 10.9 Å². The zero-order valence-electron chi connectivity index (χ0n) is 11.3. The molecule has 2 amide bonds. The largest absolute Gasteiger partial charge is 0.361 e. The predicted octanol–water partition coefficient (Wildman–Crippen LogP) is 2.38. The third-order valence-electron chi connectivity index (χ3n) is 3.58. The minimum absolute atomic E-state index is 0.0507. The van der Waals surface area contributed by atoms with Crippen molar-refractivity contribution >= 4 is 22.7 Å². The van der Waals surface area contributed by atoms with Gasteiger partial charge in [-0.3, -0.25) is 4.79 Å². The van der Waals surface area contributed by atoms with E-state index in [4.69, 9.17) is 0 Å². The summed E-state index contributed by atoms with van der Waals surface area (Å²) in [6.45, 7) is 3.26. The van der Waals surface area contributed by atoms with E-state index in [0.29, 0.717) is 11.3 Å². The quantitative estimate of drug-likeness (QED) is 0.783. The number of carbonyl (C=O) groups is 2. The number of hydrogen-bond donors (Lipinski definition) is 3. The van der Waals surface area contributed by atoms with Gasteiger partial charge in [-0.05, 0) is 19.9 Å². The van der Waals surface area contributed by atoms with Gasteiger partial charge in [0.2, 0.25) is 0 Å². The number of aromatic amines is 1. The standard InChI is InChI=1S/C15H15N3O2/c1-8-13(9(2)19)14(18-15(20)17-8)11-7-16-12-6-4-3-5-10(11)12/h3-7,14,16H,1-2H3,(H2,17,18,20). The Morgan fingerprint density at radius 3 is 2.75 bits per heavy atom. The summed E-state index contributed by atoms with van der Waals surface area (Å²) >= 11 is 0. The highest BCUT2D eigenvalue weighted by atomic mass is 16.2. The zero-order chi connectivity index (χ0) is 14.3. The molecule has 5 nitrogen and oxygen atoms in total. The van der Waals surface area contributed by atoms with Crippen LogP contribution in [0, 0.1) is 0 Å². The average Bonchev–Trinajstić information content (AvgIpc) is 2.80. The molecule has 5 heteroatoms. The number of para-hydroxylation sites is 1. The minimum atomic E-state index is -0.419. The van der Waals surface area contributed by atoms with E-state index < -0.39 is 6.04 Å². The Balaban J connectivity index is 2.18. The summed E-state index contributed by atoms with van der Waals surface area (Å²) < 4.78 is 0. The van der Waals surface area contributed by atoms with Crippen LogP contribution in [0.3, 0.4) is 0 Å². The van der Waals surface area contributed by atoms with Crippen molar-refractivity contribution in [2.45, 2.75) is 19.9 Å². The fourth-order valence-electron chi connectivity index (χ4n) is 2.73. The van der Waals surface area contributed by atoms with Crippen LogP contribution < -0.4 is 10.6 Å². The fourth-order valence-corrected chi connectivity index (χ4v) is 2.73. The molecule has 20 heavy (non-hydrogen) atoms. The number of aromatic nitrogens is 1. The first kappa shape index (κ1) is 12.5. The lowest BCUT2D eigenvalue weighted by atomic mass is 9.93. The minimum Gasteiger partial charge on any atom is -0.361 e. The highest BCUT2D eigenvalue weighted by Crippen LogP contribution is 2.32. The lowest BCUT2D eigenvalue weighted by molar-refractivity contribution is -0.114. The first-order chi connectivity index (χ1) is 9.58. The van der Waals surface area contributed by atoms with E-state index in [9.17, 15) is 9.59 Å². The van der Waals surface area contributed by atoms with Gasteiger partial charge in [-0.25, -0.2) is 4.79 Å². The number of carbonyl (C=O) groups excluding carboxylic acids is 2. The molecule has 0 saturated heterocycles. The van der Waals surface area contributed by atoms with Crippen molar-refractivity contribution in [2.24, 2.45) is 0 Å². The average molecular weight is 269 g/mol. The molecule has 0 fully saturated rings. The zero-order valence-corrected chi connectivity index (χ0v) is 11.3. The van der Waals surface area contributed by atoms with Crippen molar-refractivity contribution in [1.29, 1.82) is 0 Å². The van der Waals surface area contributed by atoms with E-state index in [-0.39, 0.29) is 11.8 Å².